The van der Waals surface area contributed by atoms with E-state index >= 15 is 0 Å². The fraction of sp³-hybridized carbons (Fsp3) is 0.312. The second-order valence-electron chi connectivity index (χ2n) is 5.03. The lowest BCUT2D eigenvalue weighted by Crippen LogP contribution is -2.34. The standard InChI is InChI=1S/C16H16ClN3OS/c17-13-5-2-1-4-12(13)14-6-9-20(10-11-22-14)16(21)15-18-7-3-8-19-15/h1-5,7-8,14H,6,9-11H2/t14-/m0/s1. The molecule has 3 rings (SSSR count). The summed E-state index contributed by atoms with van der Waals surface area (Å²) in [6.07, 6.45) is 4.08. The van der Waals surface area contributed by atoms with Crippen LogP contribution in [-0.4, -0.2) is 39.6 Å². The Hall–Kier alpha value is -1.59. The Morgan fingerprint density at radius 2 is 1.95 bits per heavy atom. The monoisotopic (exact) mass is 333 g/mol. The van der Waals surface area contributed by atoms with E-state index in [2.05, 4.69) is 16.0 Å². The SMILES string of the molecule is O=C(c1ncccn1)N1CCS[C@H](c2ccccc2Cl)CC1. The molecule has 2 heterocycles. The average molecular weight is 334 g/mol. The average Bonchev–Trinajstić information content (AvgIpc) is 2.81. The van der Waals surface area contributed by atoms with E-state index in [-0.39, 0.29) is 11.7 Å². The van der Waals surface area contributed by atoms with E-state index < -0.39 is 0 Å². The van der Waals surface area contributed by atoms with Crippen LogP contribution in [0.4, 0.5) is 0 Å². The van der Waals surface area contributed by atoms with Gasteiger partial charge in [-0.3, -0.25) is 4.79 Å². The lowest BCUT2D eigenvalue weighted by atomic mass is 10.1. The van der Waals surface area contributed by atoms with E-state index in [0.29, 0.717) is 18.3 Å². The van der Waals surface area contributed by atoms with Gasteiger partial charge in [0.05, 0.1) is 0 Å². The molecule has 0 bridgehead atoms. The molecule has 1 amide bonds. The summed E-state index contributed by atoms with van der Waals surface area (Å²) in [5.74, 6) is 1.05. The van der Waals surface area contributed by atoms with Crippen LogP contribution in [-0.2, 0) is 0 Å². The van der Waals surface area contributed by atoms with E-state index in [1.807, 2.05) is 34.9 Å². The Labute approximate surface area is 138 Å². The highest BCUT2D eigenvalue weighted by atomic mass is 35.5. The normalized spacial score (nSPS) is 18.8. The molecule has 0 saturated carbocycles. The van der Waals surface area contributed by atoms with Crippen LogP contribution in [0.2, 0.25) is 5.02 Å². The minimum Gasteiger partial charge on any atom is -0.335 e. The van der Waals surface area contributed by atoms with E-state index in [1.165, 1.54) is 0 Å². The molecule has 0 aliphatic carbocycles. The Morgan fingerprint density at radius 1 is 1.18 bits per heavy atom. The predicted octanol–water partition coefficient (Wildman–Crippen LogP) is 3.45. The van der Waals surface area contributed by atoms with E-state index in [0.717, 1.165) is 22.8 Å². The first kappa shape index (κ1) is 15.3. The Morgan fingerprint density at radius 3 is 2.73 bits per heavy atom. The van der Waals surface area contributed by atoms with Gasteiger partial charge in [0.15, 0.2) is 0 Å². The summed E-state index contributed by atoms with van der Waals surface area (Å²) in [4.78, 5) is 22.4. The fourth-order valence-corrected chi connectivity index (χ4v) is 4.11. The summed E-state index contributed by atoms with van der Waals surface area (Å²) < 4.78 is 0. The van der Waals surface area contributed by atoms with Crippen molar-refractivity contribution >= 4 is 29.3 Å². The van der Waals surface area contributed by atoms with Gasteiger partial charge in [0.1, 0.15) is 0 Å². The van der Waals surface area contributed by atoms with Crippen LogP contribution in [0.15, 0.2) is 42.7 Å². The van der Waals surface area contributed by atoms with Crippen molar-refractivity contribution in [2.24, 2.45) is 0 Å². The quantitative estimate of drug-likeness (QED) is 0.844. The van der Waals surface area contributed by atoms with Crippen LogP contribution >= 0.6 is 23.4 Å². The van der Waals surface area contributed by atoms with Crippen molar-refractivity contribution in [2.75, 3.05) is 18.8 Å². The second kappa shape index (κ2) is 7.11. The Bertz CT molecular complexity index is 653. The number of hydrogen-bond acceptors (Lipinski definition) is 4. The van der Waals surface area contributed by atoms with Gasteiger partial charge >= 0.3 is 0 Å². The number of aromatic nitrogens is 2. The number of carbonyl (C=O) groups is 1. The summed E-state index contributed by atoms with van der Waals surface area (Å²) >= 11 is 8.14. The molecule has 0 radical (unpaired) electrons. The van der Waals surface area contributed by atoms with Gasteiger partial charge in [-0.2, -0.15) is 11.8 Å². The van der Waals surface area contributed by atoms with Crippen molar-refractivity contribution < 1.29 is 4.79 Å². The zero-order valence-electron chi connectivity index (χ0n) is 12.0. The third-order valence-electron chi connectivity index (χ3n) is 3.64. The maximum absolute atomic E-state index is 12.4. The van der Waals surface area contributed by atoms with Crippen molar-refractivity contribution in [1.82, 2.24) is 14.9 Å². The minimum absolute atomic E-state index is 0.0963. The van der Waals surface area contributed by atoms with Gasteiger partial charge in [0, 0.05) is 41.5 Å². The molecule has 1 atom stereocenters. The molecule has 4 nitrogen and oxygen atoms in total. The van der Waals surface area contributed by atoms with Crippen molar-refractivity contribution in [3.8, 4) is 0 Å². The molecule has 0 unspecified atom stereocenters. The lowest BCUT2D eigenvalue weighted by Gasteiger charge is -2.19. The maximum atomic E-state index is 12.4. The van der Waals surface area contributed by atoms with E-state index in [9.17, 15) is 4.79 Å². The Balaban J connectivity index is 1.70. The molecule has 22 heavy (non-hydrogen) atoms. The second-order valence-corrected chi connectivity index (χ2v) is 6.75. The minimum atomic E-state index is -0.0963. The van der Waals surface area contributed by atoms with Gasteiger partial charge in [-0.15, -0.1) is 0 Å². The number of benzene rings is 1. The van der Waals surface area contributed by atoms with Gasteiger partial charge in [-0.05, 0) is 24.1 Å². The van der Waals surface area contributed by atoms with Crippen LogP contribution in [0, 0.1) is 0 Å². The summed E-state index contributed by atoms with van der Waals surface area (Å²) in [6.45, 7) is 1.41. The topological polar surface area (TPSA) is 46.1 Å². The zero-order chi connectivity index (χ0) is 15.4. The highest BCUT2D eigenvalue weighted by molar-refractivity contribution is 7.99. The number of halogens is 1. The van der Waals surface area contributed by atoms with Crippen LogP contribution in [0.5, 0.6) is 0 Å². The molecule has 0 spiro atoms. The van der Waals surface area contributed by atoms with E-state index in [4.69, 9.17) is 11.6 Å². The predicted molar refractivity (Wildman–Crippen MR) is 89.2 cm³/mol. The number of hydrogen-bond donors (Lipinski definition) is 0. The zero-order valence-corrected chi connectivity index (χ0v) is 13.6. The van der Waals surface area contributed by atoms with Gasteiger partial charge < -0.3 is 4.90 Å². The first-order valence-electron chi connectivity index (χ1n) is 7.18. The number of carbonyl (C=O) groups excluding carboxylic acids is 1. The molecule has 0 N–H and O–H groups in total. The number of thioether (sulfide) groups is 1. The number of amides is 1. The highest BCUT2D eigenvalue weighted by Crippen LogP contribution is 2.37. The summed E-state index contributed by atoms with van der Waals surface area (Å²) in [6, 6.07) is 9.65. The molecule has 114 valence electrons. The molecular formula is C16H16ClN3OS. The molecule has 1 saturated heterocycles. The molecule has 1 aromatic carbocycles. The summed E-state index contributed by atoms with van der Waals surface area (Å²) in [5.41, 5.74) is 1.15. The van der Waals surface area contributed by atoms with Gasteiger partial charge in [0.2, 0.25) is 5.82 Å². The fourth-order valence-electron chi connectivity index (χ4n) is 2.51. The molecule has 1 aromatic heterocycles. The van der Waals surface area contributed by atoms with Crippen LogP contribution < -0.4 is 0 Å². The van der Waals surface area contributed by atoms with Crippen molar-refractivity contribution in [2.45, 2.75) is 11.7 Å². The molecule has 1 aliphatic rings. The molecule has 1 aliphatic heterocycles. The van der Waals surface area contributed by atoms with Gasteiger partial charge in [0.25, 0.3) is 5.91 Å². The molecule has 2 aromatic rings. The van der Waals surface area contributed by atoms with Crippen LogP contribution in [0.25, 0.3) is 0 Å². The largest absolute Gasteiger partial charge is 0.335 e. The maximum Gasteiger partial charge on any atom is 0.291 e. The molecular weight excluding hydrogens is 318 g/mol. The van der Waals surface area contributed by atoms with Crippen LogP contribution in [0.1, 0.15) is 27.9 Å². The summed E-state index contributed by atoms with van der Waals surface area (Å²) in [7, 11) is 0. The smallest absolute Gasteiger partial charge is 0.291 e. The summed E-state index contributed by atoms with van der Waals surface area (Å²) in [5, 5.41) is 1.12. The number of nitrogens with zero attached hydrogens (tertiary/aromatic N) is 3. The number of rotatable bonds is 2. The first-order chi connectivity index (χ1) is 10.8. The van der Waals surface area contributed by atoms with Crippen LogP contribution in [0.3, 0.4) is 0 Å². The van der Waals surface area contributed by atoms with E-state index in [1.54, 1.807) is 18.5 Å². The Kier molecular flexibility index (Phi) is 4.95. The van der Waals surface area contributed by atoms with Crippen molar-refractivity contribution in [3.05, 3.63) is 59.1 Å². The third kappa shape index (κ3) is 3.42. The molecule has 1 fully saturated rings. The van der Waals surface area contributed by atoms with Gasteiger partial charge in [-0.25, -0.2) is 9.97 Å². The lowest BCUT2D eigenvalue weighted by molar-refractivity contribution is 0.0754. The first-order valence-corrected chi connectivity index (χ1v) is 8.60. The highest BCUT2D eigenvalue weighted by Gasteiger charge is 2.24. The van der Waals surface area contributed by atoms with Crippen molar-refractivity contribution in [3.63, 3.8) is 0 Å². The third-order valence-corrected chi connectivity index (χ3v) is 5.29. The van der Waals surface area contributed by atoms with Crippen molar-refractivity contribution in [1.29, 1.82) is 0 Å². The van der Waals surface area contributed by atoms with Gasteiger partial charge in [-0.1, -0.05) is 29.8 Å². The molecule has 6 heteroatoms.